The van der Waals surface area contributed by atoms with Gasteiger partial charge in [-0.2, -0.15) is 0 Å². The second-order valence-corrected chi connectivity index (χ2v) is 2.71. The molecule has 50 valence electrons. The molecule has 4 heteroatoms. The first-order valence-electron chi connectivity index (χ1n) is 2.78. The van der Waals surface area contributed by atoms with Gasteiger partial charge in [0.25, 0.3) is 0 Å². The molecule has 0 radical (unpaired) electrons. The maximum atomic E-state index is 4.83. The highest BCUT2D eigenvalue weighted by Crippen LogP contribution is 2.22. The number of aromatic nitrogens is 2. The minimum Gasteiger partial charge on any atom is -0.336 e. The molecule has 3 nitrogen and oxygen atoms in total. The van der Waals surface area contributed by atoms with E-state index in [0.29, 0.717) is 0 Å². The Morgan fingerprint density at radius 2 is 2.50 bits per heavy atom. The van der Waals surface area contributed by atoms with Crippen LogP contribution in [0.1, 0.15) is 0 Å². The van der Waals surface area contributed by atoms with Crippen LogP contribution in [0.25, 0.3) is 10.6 Å². The third kappa shape index (κ3) is 0.823. The van der Waals surface area contributed by atoms with Gasteiger partial charge in [-0.05, 0) is 11.4 Å². The minimum atomic E-state index is 0.731. The smallest absolute Gasteiger partial charge is 0.197 e. The Bertz CT molecular complexity index is 255. The molecule has 2 heterocycles. The normalized spacial score (nSPS) is 10.0. The van der Waals surface area contributed by atoms with Gasteiger partial charge in [0, 0.05) is 5.27 Å². The van der Waals surface area contributed by atoms with Crippen LogP contribution in [-0.2, 0) is 0 Å². The van der Waals surface area contributed by atoms with E-state index in [9.17, 15) is 0 Å². The summed E-state index contributed by atoms with van der Waals surface area (Å²) in [5.41, 5.74) is 0. The Kier molecular flexibility index (Phi) is 1.25. The van der Waals surface area contributed by atoms with Crippen LogP contribution in [0, 0.1) is 0 Å². The number of thiophene rings is 1. The molecule has 0 atom stereocenters. The Balaban J connectivity index is 2.48. The van der Waals surface area contributed by atoms with Gasteiger partial charge < -0.3 is 4.52 Å². The molecule has 0 unspecified atom stereocenters. The van der Waals surface area contributed by atoms with Crippen molar-refractivity contribution in [2.24, 2.45) is 0 Å². The van der Waals surface area contributed by atoms with E-state index in [1.165, 1.54) is 0 Å². The topological polar surface area (TPSA) is 38.9 Å². The zero-order valence-electron chi connectivity index (χ0n) is 5.02. The van der Waals surface area contributed by atoms with Crippen LogP contribution < -0.4 is 0 Å². The van der Waals surface area contributed by atoms with E-state index >= 15 is 0 Å². The van der Waals surface area contributed by atoms with E-state index in [4.69, 9.17) is 4.52 Å². The summed E-state index contributed by atoms with van der Waals surface area (Å²) in [5, 5.41) is 8.91. The zero-order chi connectivity index (χ0) is 6.81. The summed E-state index contributed by atoms with van der Waals surface area (Å²) in [6, 6.07) is 3.93. The standard InChI is InChI=1S/C6H4N2OS/c1-2-6(10-3-1)5-4-7-8-9-5/h1-4H. The van der Waals surface area contributed by atoms with Crippen molar-refractivity contribution in [2.75, 3.05) is 0 Å². The molecule has 0 spiro atoms. The lowest BCUT2D eigenvalue weighted by atomic mass is 10.4. The van der Waals surface area contributed by atoms with Crippen molar-refractivity contribution >= 4 is 11.3 Å². The van der Waals surface area contributed by atoms with E-state index in [1.54, 1.807) is 17.5 Å². The molecule has 0 bridgehead atoms. The summed E-state index contributed by atoms with van der Waals surface area (Å²) in [7, 11) is 0. The summed E-state index contributed by atoms with van der Waals surface area (Å²) in [6.07, 6.45) is 1.60. The van der Waals surface area contributed by atoms with E-state index < -0.39 is 0 Å². The van der Waals surface area contributed by atoms with Crippen molar-refractivity contribution in [1.29, 1.82) is 0 Å². The molecule has 0 saturated carbocycles. The number of hydrogen-bond donors (Lipinski definition) is 0. The lowest BCUT2D eigenvalue weighted by Crippen LogP contribution is -1.59. The number of rotatable bonds is 1. The van der Waals surface area contributed by atoms with Gasteiger partial charge in [0.1, 0.15) is 0 Å². The Morgan fingerprint density at radius 3 is 3.10 bits per heavy atom. The molecule has 0 aromatic carbocycles. The first-order chi connectivity index (χ1) is 4.97. The molecule has 0 aliphatic carbocycles. The predicted molar refractivity (Wildman–Crippen MR) is 37.6 cm³/mol. The second-order valence-electron chi connectivity index (χ2n) is 1.76. The Labute approximate surface area is 61.3 Å². The van der Waals surface area contributed by atoms with E-state index in [-0.39, 0.29) is 0 Å². The van der Waals surface area contributed by atoms with Crippen molar-refractivity contribution in [3.63, 3.8) is 0 Å². The molecular formula is C6H4N2OS. The van der Waals surface area contributed by atoms with Crippen LogP contribution in [0.4, 0.5) is 0 Å². The van der Waals surface area contributed by atoms with Gasteiger partial charge in [0.2, 0.25) is 0 Å². The fraction of sp³-hybridized carbons (Fsp3) is 0. The average molecular weight is 152 g/mol. The predicted octanol–water partition coefficient (Wildman–Crippen LogP) is 1.80. The van der Waals surface area contributed by atoms with Crippen molar-refractivity contribution in [3.8, 4) is 10.6 Å². The highest BCUT2D eigenvalue weighted by molar-refractivity contribution is 7.13. The molecule has 2 aromatic heterocycles. The van der Waals surface area contributed by atoms with Crippen molar-refractivity contribution < 1.29 is 4.52 Å². The average Bonchev–Trinajstić information content (AvgIpc) is 2.59. The lowest BCUT2D eigenvalue weighted by molar-refractivity contribution is 0.404. The minimum absolute atomic E-state index is 0.731. The molecule has 0 amide bonds. The fourth-order valence-corrected chi connectivity index (χ4v) is 1.36. The molecule has 0 saturated heterocycles. The molecule has 0 aliphatic rings. The van der Waals surface area contributed by atoms with Crippen LogP contribution in [-0.4, -0.2) is 10.4 Å². The summed E-state index contributed by atoms with van der Waals surface area (Å²) in [4.78, 5) is 1.06. The van der Waals surface area contributed by atoms with Crippen LogP contribution >= 0.6 is 11.3 Å². The van der Waals surface area contributed by atoms with Gasteiger partial charge in [-0.1, -0.05) is 6.07 Å². The van der Waals surface area contributed by atoms with Gasteiger partial charge >= 0.3 is 0 Å². The van der Waals surface area contributed by atoms with Crippen LogP contribution in [0.5, 0.6) is 0 Å². The molecular weight excluding hydrogens is 148 g/mol. The van der Waals surface area contributed by atoms with Crippen molar-refractivity contribution in [1.82, 2.24) is 10.4 Å². The summed E-state index contributed by atoms with van der Waals surface area (Å²) in [5.74, 6) is 0.731. The quantitative estimate of drug-likeness (QED) is 0.625. The monoisotopic (exact) mass is 152 g/mol. The highest BCUT2D eigenvalue weighted by atomic mass is 32.1. The first kappa shape index (κ1) is 5.61. The van der Waals surface area contributed by atoms with Gasteiger partial charge in [-0.3, -0.25) is 0 Å². The summed E-state index contributed by atoms with van der Waals surface area (Å²) in [6.45, 7) is 0. The molecule has 0 N–H and O–H groups in total. The molecule has 2 aromatic rings. The molecule has 2 rings (SSSR count). The lowest BCUT2D eigenvalue weighted by Gasteiger charge is -1.80. The molecule has 0 fully saturated rings. The largest absolute Gasteiger partial charge is 0.336 e. The third-order valence-corrected chi connectivity index (χ3v) is 2.01. The molecule has 10 heavy (non-hydrogen) atoms. The highest BCUT2D eigenvalue weighted by Gasteiger charge is 2.01. The number of hydrogen-bond acceptors (Lipinski definition) is 4. The van der Waals surface area contributed by atoms with Gasteiger partial charge in [-0.15, -0.1) is 16.4 Å². The van der Waals surface area contributed by atoms with E-state index in [1.807, 2.05) is 17.5 Å². The Morgan fingerprint density at radius 1 is 1.50 bits per heavy atom. The summed E-state index contributed by atoms with van der Waals surface area (Å²) >= 11 is 1.61. The van der Waals surface area contributed by atoms with Crippen LogP contribution in [0.3, 0.4) is 0 Å². The van der Waals surface area contributed by atoms with Gasteiger partial charge in [-0.25, -0.2) is 0 Å². The van der Waals surface area contributed by atoms with Gasteiger partial charge in [0.05, 0.1) is 11.1 Å². The van der Waals surface area contributed by atoms with Crippen LogP contribution in [0.2, 0.25) is 0 Å². The molecule has 0 aliphatic heterocycles. The SMILES string of the molecule is c1csc(-c2cnno2)c1. The van der Waals surface area contributed by atoms with Crippen molar-refractivity contribution in [3.05, 3.63) is 23.7 Å². The van der Waals surface area contributed by atoms with Crippen LogP contribution in [0.15, 0.2) is 28.2 Å². The summed E-state index contributed by atoms with van der Waals surface area (Å²) < 4.78 is 4.83. The van der Waals surface area contributed by atoms with Crippen molar-refractivity contribution in [2.45, 2.75) is 0 Å². The van der Waals surface area contributed by atoms with Gasteiger partial charge in [0.15, 0.2) is 5.76 Å². The first-order valence-corrected chi connectivity index (χ1v) is 3.66. The number of nitrogens with zero attached hydrogens (tertiary/aromatic N) is 2. The van der Waals surface area contributed by atoms with E-state index in [0.717, 1.165) is 10.6 Å². The maximum absolute atomic E-state index is 4.83. The third-order valence-electron chi connectivity index (χ3n) is 1.13. The fourth-order valence-electron chi connectivity index (χ4n) is 0.694. The second kappa shape index (κ2) is 2.22. The van der Waals surface area contributed by atoms with E-state index in [2.05, 4.69) is 10.4 Å². The maximum Gasteiger partial charge on any atom is 0.197 e. The zero-order valence-corrected chi connectivity index (χ0v) is 5.84. The Hall–Kier alpha value is -1.16.